The maximum Gasteiger partial charge on any atom is 0.135 e. The highest BCUT2D eigenvalue weighted by Gasteiger charge is 2.52. The van der Waals surface area contributed by atoms with Crippen LogP contribution < -0.4 is 0 Å². The minimum Gasteiger partial charge on any atom is -0.456 e. The van der Waals surface area contributed by atoms with Gasteiger partial charge in [-0.05, 0) is 94.8 Å². The standard InChI is InChI=1S/C42H29N3O/c1-41(2)33-22-39-32(21-34(33)42(3)17-7-6-10-40(41)42)31-20-27(13-16-38(31)46-39)29-18-25(23-43)11-14-36(29)45-35-9-5-4-8-28(35)30-19-26(24-44)12-15-37(30)45/h4-22,40H,1-3H3. The van der Waals surface area contributed by atoms with Crippen molar-refractivity contribution in [3.63, 3.8) is 0 Å². The number of nitrogens with zero attached hydrogens (tertiary/aromatic N) is 3. The molecular weight excluding hydrogens is 562 g/mol. The summed E-state index contributed by atoms with van der Waals surface area (Å²) in [5.74, 6) is 0.375. The second kappa shape index (κ2) is 9.10. The van der Waals surface area contributed by atoms with Gasteiger partial charge in [0.15, 0.2) is 0 Å². The molecule has 0 aliphatic heterocycles. The van der Waals surface area contributed by atoms with Crippen molar-refractivity contribution in [2.45, 2.75) is 31.6 Å². The van der Waals surface area contributed by atoms with Crippen LogP contribution in [0, 0.1) is 28.6 Å². The van der Waals surface area contributed by atoms with Gasteiger partial charge >= 0.3 is 0 Å². The van der Waals surface area contributed by atoms with Gasteiger partial charge in [-0.1, -0.05) is 69.3 Å². The highest BCUT2D eigenvalue weighted by molar-refractivity contribution is 6.11. The van der Waals surface area contributed by atoms with Crippen molar-refractivity contribution in [1.82, 2.24) is 4.57 Å². The van der Waals surface area contributed by atoms with Crippen molar-refractivity contribution in [2.24, 2.45) is 5.92 Å². The molecule has 46 heavy (non-hydrogen) atoms. The number of hydrogen-bond donors (Lipinski definition) is 0. The maximum atomic E-state index is 9.95. The van der Waals surface area contributed by atoms with Crippen LogP contribution in [0.3, 0.4) is 0 Å². The van der Waals surface area contributed by atoms with Crippen molar-refractivity contribution in [2.75, 3.05) is 0 Å². The molecule has 4 heteroatoms. The van der Waals surface area contributed by atoms with Crippen molar-refractivity contribution < 1.29 is 4.42 Å². The summed E-state index contributed by atoms with van der Waals surface area (Å²) in [6, 6.07) is 35.7. The summed E-state index contributed by atoms with van der Waals surface area (Å²) in [5, 5.41) is 23.9. The van der Waals surface area contributed by atoms with Gasteiger partial charge in [-0.25, -0.2) is 0 Å². The monoisotopic (exact) mass is 591 g/mol. The molecule has 0 bridgehead atoms. The van der Waals surface area contributed by atoms with Gasteiger partial charge in [0.2, 0.25) is 0 Å². The van der Waals surface area contributed by atoms with Gasteiger partial charge in [-0.15, -0.1) is 0 Å². The molecule has 4 nitrogen and oxygen atoms in total. The van der Waals surface area contributed by atoms with Gasteiger partial charge in [-0.3, -0.25) is 0 Å². The minimum atomic E-state index is -0.0841. The number of para-hydroxylation sites is 1. The maximum absolute atomic E-state index is 9.95. The quantitative estimate of drug-likeness (QED) is 0.201. The molecule has 0 fully saturated rings. The number of furan rings is 1. The van der Waals surface area contributed by atoms with E-state index < -0.39 is 0 Å². The SMILES string of the molecule is CC1(C)c2cc3oc4ccc(-c5cc(C#N)ccc5-n5c6ccccc6c6cc(C#N)ccc65)cc4c3cc2C2(C)C=CC=CC12. The Morgan fingerprint density at radius 2 is 1.43 bits per heavy atom. The molecule has 218 valence electrons. The Labute approximate surface area is 266 Å². The van der Waals surface area contributed by atoms with E-state index in [2.05, 4.69) is 104 Å². The summed E-state index contributed by atoms with van der Waals surface area (Å²) < 4.78 is 8.76. The molecule has 2 aliphatic carbocycles. The topological polar surface area (TPSA) is 65.7 Å². The van der Waals surface area contributed by atoms with Crippen LogP contribution in [0.1, 0.15) is 43.0 Å². The number of hydrogen-bond acceptors (Lipinski definition) is 3. The van der Waals surface area contributed by atoms with Crippen LogP contribution in [0.4, 0.5) is 0 Å². The summed E-state index contributed by atoms with van der Waals surface area (Å²) >= 11 is 0. The van der Waals surface area contributed by atoms with Crippen molar-refractivity contribution in [3.05, 3.63) is 138 Å². The van der Waals surface area contributed by atoms with Crippen molar-refractivity contribution in [3.8, 4) is 29.0 Å². The van der Waals surface area contributed by atoms with Crippen LogP contribution in [0.5, 0.6) is 0 Å². The minimum absolute atomic E-state index is 0.0212. The third-order valence-electron chi connectivity index (χ3n) is 10.6. The zero-order valence-electron chi connectivity index (χ0n) is 25.8. The lowest BCUT2D eigenvalue weighted by atomic mass is 9.67. The normalized spacial score (nSPS) is 19.5. The Balaban J connectivity index is 1.30. The average Bonchev–Trinajstić information content (AvgIpc) is 3.67. The number of benzene rings is 5. The molecule has 0 amide bonds. The van der Waals surface area contributed by atoms with Crippen molar-refractivity contribution >= 4 is 43.7 Å². The van der Waals surface area contributed by atoms with Crippen LogP contribution in [0.25, 0.3) is 60.6 Å². The van der Waals surface area contributed by atoms with Crippen LogP contribution in [0.15, 0.2) is 120 Å². The Kier molecular flexibility index (Phi) is 5.25. The van der Waals surface area contributed by atoms with Crippen LogP contribution >= 0.6 is 0 Å². The molecule has 0 radical (unpaired) electrons. The number of aromatic nitrogens is 1. The lowest BCUT2D eigenvalue weighted by Crippen LogP contribution is -2.33. The molecule has 5 aromatic carbocycles. The first-order valence-corrected chi connectivity index (χ1v) is 15.7. The summed E-state index contributed by atoms with van der Waals surface area (Å²) in [6.45, 7) is 7.05. The predicted molar refractivity (Wildman–Crippen MR) is 185 cm³/mol. The van der Waals surface area contributed by atoms with Gasteiger partial charge in [-0.2, -0.15) is 10.5 Å². The average molecular weight is 592 g/mol. The molecule has 0 saturated heterocycles. The summed E-state index contributed by atoms with van der Waals surface area (Å²) in [4.78, 5) is 0. The van der Waals surface area contributed by atoms with E-state index in [1.54, 1.807) is 0 Å². The second-order valence-electron chi connectivity index (χ2n) is 13.5. The predicted octanol–water partition coefficient (Wildman–Crippen LogP) is 10.4. The van der Waals surface area contributed by atoms with Gasteiger partial charge in [0.05, 0.1) is 40.0 Å². The van der Waals surface area contributed by atoms with Crippen molar-refractivity contribution in [1.29, 1.82) is 10.5 Å². The van der Waals surface area contributed by atoms with Gasteiger partial charge in [0, 0.05) is 32.5 Å². The molecule has 2 aromatic heterocycles. The summed E-state index contributed by atoms with van der Waals surface area (Å²) in [7, 11) is 0. The Morgan fingerprint density at radius 1 is 0.674 bits per heavy atom. The van der Waals surface area contributed by atoms with E-state index in [-0.39, 0.29) is 10.8 Å². The van der Waals surface area contributed by atoms with E-state index in [0.29, 0.717) is 17.0 Å². The highest BCUT2D eigenvalue weighted by Crippen LogP contribution is 2.57. The fourth-order valence-electron chi connectivity index (χ4n) is 8.45. The highest BCUT2D eigenvalue weighted by atomic mass is 16.3. The largest absolute Gasteiger partial charge is 0.456 e. The molecule has 0 saturated carbocycles. The van der Waals surface area contributed by atoms with Crippen LogP contribution in [0.2, 0.25) is 0 Å². The first-order chi connectivity index (χ1) is 22.3. The zero-order valence-corrected chi connectivity index (χ0v) is 25.8. The molecule has 2 aliphatic rings. The number of rotatable bonds is 2. The molecule has 2 heterocycles. The van der Waals surface area contributed by atoms with E-state index in [0.717, 1.165) is 60.6 Å². The molecule has 7 aromatic rings. The third kappa shape index (κ3) is 3.42. The van der Waals surface area contributed by atoms with Crippen LogP contribution in [-0.4, -0.2) is 4.57 Å². The molecule has 0 spiro atoms. The second-order valence-corrected chi connectivity index (χ2v) is 13.5. The molecule has 0 N–H and O–H groups in total. The van der Waals surface area contributed by atoms with Gasteiger partial charge < -0.3 is 8.98 Å². The van der Waals surface area contributed by atoms with Gasteiger partial charge in [0.25, 0.3) is 0 Å². The van der Waals surface area contributed by atoms with Crippen LogP contribution in [-0.2, 0) is 10.8 Å². The number of fused-ring (bicyclic) bond motifs is 9. The van der Waals surface area contributed by atoms with E-state index in [1.165, 1.54) is 11.1 Å². The van der Waals surface area contributed by atoms with E-state index in [4.69, 9.17) is 4.42 Å². The third-order valence-corrected chi connectivity index (χ3v) is 10.6. The Morgan fingerprint density at radius 3 is 2.28 bits per heavy atom. The zero-order chi connectivity index (χ0) is 31.4. The first-order valence-electron chi connectivity index (χ1n) is 15.7. The fraction of sp³-hybridized carbons (Fsp3) is 0.143. The molecule has 2 atom stereocenters. The number of nitriles is 2. The Hall–Kier alpha value is -5.84. The Bertz CT molecular complexity index is 2610. The smallest absolute Gasteiger partial charge is 0.135 e. The van der Waals surface area contributed by atoms with E-state index in [1.807, 2.05) is 48.5 Å². The van der Waals surface area contributed by atoms with Gasteiger partial charge in [0.1, 0.15) is 11.2 Å². The molecule has 9 rings (SSSR count). The summed E-state index contributed by atoms with van der Waals surface area (Å²) in [5.41, 5.74) is 10.6. The lowest BCUT2D eigenvalue weighted by molar-refractivity contribution is 0.324. The summed E-state index contributed by atoms with van der Waals surface area (Å²) in [6.07, 6.45) is 9.07. The molecular formula is C42H29N3O. The fourth-order valence-corrected chi connectivity index (χ4v) is 8.45. The van der Waals surface area contributed by atoms with E-state index >= 15 is 0 Å². The number of allylic oxidation sites excluding steroid dienone is 4. The first kappa shape index (κ1) is 26.6. The molecule has 2 unspecified atom stereocenters. The lowest BCUT2D eigenvalue weighted by Gasteiger charge is -2.36. The van der Waals surface area contributed by atoms with E-state index in [9.17, 15) is 10.5 Å².